The molecule has 2 heteroatoms. The van der Waals surface area contributed by atoms with Gasteiger partial charge in [-0.05, 0) is 41.3 Å². The average Bonchev–Trinajstić information content (AvgIpc) is 2.27. The molecule has 0 radical (unpaired) electrons. The van der Waals surface area contributed by atoms with Gasteiger partial charge in [0.25, 0.3) is 0 Å². The van der Waals surface area contributed by atoms with Crippen LogP contribution in [-0.2, 0) is 0 Å². The third-order valence-corrected chi connectivity index (χ3v) is 2.75. The molecule has 0 unspecified atom stereocenters. The Balaban J connectivity index is 2.56. The van der Waals surface area contributed by atoms with Crippen molar-refractivity contribution >= 4 is 21.5 Å². The van der Waals surface area contributed by atoms with Crippen LogP contribution in [0.2, 0.25) is 0 Å². The van der Waals surface area contributed by atoms with Crippen LogP contribution in [0, 0.1) is 6.92 Å². The van der Waals surface area contributed by atoms with E-state index in [0.29, 0.717) is 11.1 Å². The van der Waals surface area contributed by atoms with Gasteiger partial charge in [0.05, 0.1) is 5.39 Å². The molecule has 0 amide bonds. The molecule has 0 spiro atoms. The van der Waals surface area contributed by atoms with Gasteiger partial charge in [0.2, 0.25) is 0 Å². The summed E-state index contributed by atoms with van der Waals surface area (Å²) in [5.74, 6) is 0.646. The minimum Gasteiger partial charge on any atom is -0.428 e. The van der Waals surface area contributed by atoms with E-state index in [9.17, 15) is 4.79 Å². The van der Waals surface area contributed by atoms with Gasteiger partial charge in [0.15, 0.2) is 0 Å². The highest BCUT2D eigenvalue weighted by molar-refractivity contribution is 5.97. The van der Waals surface area contributed by atoms with E-state index in [2.05, 4.69) is 0 Å². The third-order valence-electron chi connectivity index (χ3n) is 2.75. The number of fused-ring (bicyclic) bond motifs is 2. The first kappa shape index (κ1) is 9.16. The molecule has 3 aromatic rings. The second kappa shape index (κ2) is 3.20. The molecule has 0 saturated heterocycles. The Kier molecular flexibility index (Phi) is 1.83. The van der Waals surface area contributed by atoms with E-state index in [0.717, 1.165) is 16.2 Å². The monoisotopic (exact) mass is 210 g/mol. The molecule has 0 N–H and O–H groups in total. The zero-order valence-corrected chi connectivity index (χ0v) is 8.86. The van der Waals surface area contributed by atoms with Gasteiger partial charge in [-0.15, -0.1) is 0 Å². The Morgan fingerprint density at radius 3 is 2.38 bits per heavy atom. The predicted molar refractivity (Wildman–Crippen MR) is 64.7 cm³/mol. The van der Waals surface area contributed by atoms with Gasteiger partial charge >= 0.3 is 5.63 Å². The number of benzene rings is 2. The highest BCUT2D eigenvalue weighted by Crippen LogP contribution is 2.21. The Hall–Kier alpha value is -2.09. The lowest BCUT2D eigenvalue weighted by molar-refractivity contribution is 0.488. The summed E-state index contributed by atoms with van der Waals surface area (Å²) < 4.78 is 5.08. The van der Waals surface area contributed by atoms with Gasteiger partial charge < -0.3 is 4.42 Å². The van der Waals surface area contributed by atoms with E-state index >= 15 is 0 Å². The van der Waals surface area contributed by atoms with Crippen molar-refractivity contribution in [3.8, 4) is 0 Å². The van der Waals surface area contributed by atoms with E-state index < -0.39 is 0 Å². The van der Waals surface area contributed by atoms with Crippen LogP contribution in [0.15, 0.2) is 51.7 Å². The summed E-state index contributed by atoms with van der Waals surface area (Å²) in [6.45, 7) is 1.79. The van der Waals surface area contributed by atoms with Crippen LogP contribution in [0.25, 0.3) is 21.5 Å². The van der Waals surface area contributed by atoms with Crippen molar-refractivity contribution in [3.05, 3.63) is 58.6 Å². The fourth-order valence-corrected chi connectivity index (χ4v) is 2.00. The first-order valence-electron chi connectivity index (χ1n) is 5.17. The van der Waals surface area contributed by atoms with Crippen LogP contribution in [0.5, 0.6) is 0 Å². The minimum atomic E-state index is -0.263. The Morgan fingerprint density at radius 1 is 0.938 bits per heavy atom. The van der Waals surface area contributed by atoms with E-state index in [1.54, 1.807) is 6.92 Å². The maximum Gasteiger partial charge on any atom is 0.343 e. The predicted octanol–water partition coefficient (Wildman–Crippen LogP) is 3.25. The molecule has 0 aliphatic heterocycles. The smallest absolute Gasteiger partial charge is 0.343 e. The number of aryl methyl sites for hydroxylation is 1. The largest absolute Gasteiger partial charge is 0.428 e. The quantitative estimate of drug-likeness (QED) is 0.533. The first-order valence-corrected chi connectivity index (χ1v) is 5.17. The Bertz CT molecular complexity index is 738. The molecule has 2 aromatic carbocycles. The Labute approximate surface area is 92.1 Å². The van der Waals surface area contributed by atoms with E-state index in [1.807, 2.05) is 42.5 Å². The van der Waals surface area contributed by atoms with Crippen LogP contribution in [-0.4, -0.2) is 0 Å². The Morgan fingerprint density at radius 2 is 1.62 bits per heavy atom. The zero-order chi connectivity index (χ0) is 11.1. The van der Waals surface area contributed by atoms with E-state index in [1.165, 1.54) is 0 Å². The highest BCUT2D eigenvalue weighted by atomic mass is 16.4. The van der Waals surface area contributed by atoms with Crippen molar-refractivity contribution in [2.45, 2.75) is 6.92 Å². The van der Waals surface area contributed by atoms with Gasteiger partial charge in [-0.25, -0.2) is 4.79 Å². The molecule has 0 bridgehead atoms. The van der Waals surface area contributed by atoms with Crippen molar-refractivity contribution in [3.63, 3.8) is 0 Å². The fourth-order valence-electron chi connectivity index (χ4n) is 2.00. The molecule has 78 valence electrons. The average molecular weight is 210 g/mol. The molecule has 0 fully saturated rings. The number of hydrogen-bond acceptors (Lipinski definition) is 2. The molecule has 0 atom stereocenters. The van der Waals surface area contributed by atoms with E-state index in [4.69, 9.17) is 4.42 Å². The summed E-state index contributed by atoms with van der Waals surface area (Å²) in [5, 5.41) is 3.78. The van der Waals surface area contributed by atoms with Crippen molar-refractivity contribution in [1.29, 1.82) is 0 Å². The number of hydrogen-bond donors (Lipinski definition) is 0. The maximum absolute atomic E-state index is 11.7. The lowest BCUT2D eigenvalue weighted by atomic mass is 10.1. The van der Waals surface area contributed by atoms with Gasteiger partial charge in [-0.3, -0.25) is 0 Å². The zero-order valence-electron chi connectivity index (χ0n) is 8.86. The molecule has 16 heavy (non-hydrogen) atoms. The summed E-state index contributed by atoms with van der Waals surface area (Å²) in [4.78, 5) is 11.7. The highest BCUT2D eigenvalue weighted by Gasteiger charge is 2.03. The summed E-state index contributed by atoms with van der Waals surface area (Å²) in [6, 6.07) is 13.8. The van der Waals surface area contributed by atoms with Crippen LogP contribution in [0.3, 0.4) is 0 Å². The van der Waals surface area contributed by atoms with Gasteiger partial charge in [-0.1, -0.05) is 24.3 Å². The molecule has 0 saturated carbocycles. The topological polar surface area (TPSA) is 30.2 Å². The lowest BCUT2D eigenvalue weighted by Crippen LogP contribution is -1.99. The maximum atomic E-state index is 11.7. The van der Waals surface area contributed by atoms with Gasteiger partial charge in [0, 0.05) is 0 Å². The molecule has 1 heterocycles. The molecule has 0 aliphatic carbocycles. The van der Waals surface area contributed by atoms with Gasteiger partial charge in [0.1, 0.15) is 5.76 Å². The van der Waals surface area contributed by atoms with E-state index in [-0.39, 0.29) is 5.63 Å². The molecule has 0 aliphatic rings. The van der Waals surface area contributed by atoms with Crippen molar-refractivity contribution in [2.75, 3.05) is 0 Å². The molecule has 2 nitrogen and oxygen atoms in total. The first-order chi connectivity index (χ1) is 7.74. The van der Waals surface area contributed by atoms with Crippen LogP contribution in [0.1, 0.15) is 5.76 Å². The second-order valence-electron chi connectivity index (χ2n) is 3.93. The van der Waals surface area contributed by atoms with Crippen LogP contribution in [0.4, 0.5) is 0 Å². The summed E-state index contributed by atoms with van der Waals surface area (Å²) >= 11 is 0. The molecular formula is C14H10O2. The number of rotatable bonds is 0. The van der Waals surface area contributed by atoms with Crippen LogP contribution >= 0.6 is 0 Å². The summed E-state index contributed by atoms with van der Waals surface area (Å²) in [7, 11) is 0. The standard InChI is InChI=1S/C14H10O2/c1-9-6-12-7-10-4-2-3-5-11(10)8-13(12)14(15)16-9/h2-8H,1H3. The summed E-state index contributed by atoms with van der Waals surface area (Å²) in [6.07, 6.45) is 0. The molecule has 1 aromatic heterocycles. The molecule has 3 rings (SSSR count). The van der Waals surface area contributed by atoms with Crippen molar-refractivity contribution in [1.82, 2.24) is 0 Å². The lowest BCUT2D eigenvalue weighted by Gasteiger charge is -2.01. The summed E-state index contributed by atoms with van der Waals surface area (Å²) in [5.41, 5.74) is -0.263. The van der Waals surface area contributed by atoms with Gasteiger partial charge in [-0.2, -0.15) is 0 Å². The SMILES string of the molecule is Cc1cc2cc3ccccc3cc2c(=O)o1. The van der Waals surface area contributed by atoms with Crippen molar-refractivity contribution in [2.24, 2.45) is 0 Å². The molecular weight excluding hydrogens is 200 g/mol. The third kappa shape index (κ3) is 1.31. The fraction of sp³-hybridized carbons (Fsp3) is 0.0714. The van der Waals surface area contributed by atoms with Crippen LogP contribution < -0.4 is 5.63 Å². The minimum absolute atomic E-state index is 0.263. The van der Waals surface area contributed by atoms with Crippen molar-refractivity contribution < 1.29 is 4.42 Å². The normalized spacial score (nSPS) is 11.1. The second-order valence-corrected chi connectivity index (χ2v) is 3.93.